The van der Waals surface area contributed by atoms with Crippen LogP contribution in [0.2, 0.25) is 0 Å². The molecule has 0 spiro atoms. The number of aryl methyl sites for hydroxylation is 2. The first-order valence-electron chi connectivity index (χ1n) is 5.35. The molecule has 0 atom stereocenters. The first-order chi connectivity index (χ1) is 8.56. The molecule has 0 aliphatic heterocycles. The van der Waals surface area contributed by atoms with Gasteiger partial charge in [-0.15, -0.1) is 0 Å². The van der Waals surface area contributed by atoms with Crippen molar-refractivity contribution >= 4 is 11.9 Å². The maximum absolute atomic E-state index is 10.9. The third-order valence-electron chi connectivity index (χ3n) is 2.40. The van der Waals surface area contributed by atoms with Crippen molar-refractivity contribution in [3.8, 4) is 0 Å². The van der Waals surface area contributed by atoms with Gasteiger partial charge in [-0.3, -0.25) is 0 Å². The molecule has 0 aromatic carbocycles. The van der Waals surface area contributed by atoms with Crippen LogP contribution in [0.4, 0.5) is 5.95 Å². The van der Waals surface area contributed by atoms with Crippen LogP contribution < -0.4 is 5.32 Å². The second-order valence-corrected chi connectivity index (χ2v) is 3.83. The lowest BCUT2D eigenvalue weighted by molar-refractivity contribution is 0.0690. The highest BCUT2D eigenvalue weighted by Crippen LogP contribution is 2.06. The minimum absolute atomic E-state index is 0.0233. The molecule has 94 valence electrons. The number of carboxylic acids is 1. The molecule has 7 nitrogen and oxygen atoms in total. The summed E-state index contributed by atoms with van der Waals surface area (Å²) in [6.45, 7) is 2.16. The Morgan fingerprint density at radius 1 is 1.50 bits per heavy atom. The van der Waals surface area contributed by atoms with E-state index in [9.17, 15) is 4.79 Å². The summed E-state index contributed by atoms with van der Waals surface area (Å²) in [7, 11) is 1.88. The molecule has 0 radical (unpaired) electrons. The molecule has 0 fully saturated rings. The number of carboxylic acid groups (broad SMARTS) is 1. The van der Waals surface area contributed by atoms with E-state index < -0.39 is 5.97 Å². The molecule has 2 heterocycles. The van der Waals surface area contributed by atoms with E-state index >= 15 is 0 Å². The topological polar surface area (TPSA) is 92.9 Å². The highest BCUT2D eigenvalue weighted by atomic mass is 16.4. The Labute approximate surface area is 104 Å². The van der Waals surface area contributed by atoms with Crippen LogP contribution in [0.5, 0.6) is 0 Å². The lowest BCUT2D eigenvalue weighted by atomic mass is 10.3. The summed E-state index contributed by atoms with van der Waals surface area (Å²) in [6, 6.07) is 1.42. The number of nitrogens with one attached hydrogen (secondary N) is 1. The van der Waals surface area contributed by atoms with Gasteiger partial charge >= 0.3 is 5.97 Å². The number of anilines is 1. The third-order valence-corrected chi connectivity index (χ3v) is 2.40. The standard InChI is InChI=1S/C11H13N5O2/c1-7-5-8(10(17)18)15-11(14-7)13-6-9-12-3-4-16(9)2/h3-5H,6H2,1-2H3,(H,17,18)(H,13,14,15). The summed E-state index contributed by atoms with van der Waals surface area (Å²) >= 11 is 0. The Morgan fingerprint density at radius 2 is 2.28 bits per heavy atom. The predicted molar refractivity (Wildman–Crippen MR) is 64.3 cm³/mol. The number of hydrogen-bond donors (Lipinski definition) is 2. The van der Waals surface area contributed by atoms with E-state index in [0.717, 1.165) is 5.82 Å². The van der Waals surface area contributed by atoms with Gasteiger partial charge in [-0.25, -0.2) is 19.7 Å². The van der Waals surface area contributed by atoms with E-state index in [1.807, 2.05) is 17.8 Å². The minimum Gasteiger partial charge on any atom is -0.477 e. The molecular formula is C11H13N5O2. The quantitative estimate of drug-likeness (QED) is 0.831. The van der Waals surface area contributed by atoms with Gasteiger partial charge in [-0.2, -0.15) is 0 Å². The number of aromatic carboxylic acids is 1. The molecule has 0 bridgehead atoms. The summed E-state index contributed by atoms with van der Waals surface area (Å²) in [6.07, 6.45) is 3.52. The van der Waals surface area contributed by atoms with Gasteiger partial charge in [-0.1, -0.05) is 0 Å². The summed E-state index contributed by atoms with van der Waals surface area (Å²) in [5, 5.41) is 11.9. The van der Waals surface area contributed by atoms with Crippen LogP contribution in [0.25, 0.3) is 0 Å². The molecule has 0 saturated carbocycles. The monoisotopic (exact) mass is 247 g/mol. The number of imidazole rings is 1. The van der Waals surface area contributed by atoms with Gasteiger partial charge in [0.2, 0.25) is 5.95 Å². The molecule has 0 aliphatic carbocycles. The largest absolute Gasteiger partial charge is 0.477 e. The molecule has 2 aromatic rings. The summed E-state index contributed by atoms with van der Waals surface area (Å²) in [5.74, 6) is 0.0351. The maximum atomic E-state index is 10.9. The van der Waals surface area contributed by atoms with Crippen molar-refractivity contribution in [2.24, 2.45) is 7.05 Å². The van der Waals surface area contributed by atoms with E-state index in [0.29, 0.717) is 12.2 Å². The maximum Gasteiger partial charge on any atom is 0.354 e. The van der Waals surface area contributed by atoms with Gasteiger partial charge in [-0.05, 0) is 13.0 Å². The molecule has 18 heavy (non-hydrogen) atoms. The van der Waals surface area contributed by atoms with E-state index in [2.05, 4.69) is 20.3 Å². The van der Waals surface area contributed by atoms with Crippen LogP contribution in [-0.4, -0.2) is 30.6 Å². The highest BCUT2D eigenvalue weighted by molar-refractivity contribution is 5.85. The average Bonchev–Trinajstić information content (AvgIpc) is 2.71. The van der Waals surface area contributed by atoms with Crippen LogP contribution in [0, 0.1) is 6.92 Å². The first-order valence-corrected chi connectivity index (χ1v) is 5.35. The molecular weight excluding hydrogens is 234 g/mol. The second kappa shape index (κ2) is 4.82. The SMILES string of the molecule is Cc1cc(C(=O)O)nc(NCc2nccn2C)n1. The molecule has 2 N–H and O–H groups in total. The Kier molecular flexibility index (Phi) is 3.22. The van der Waals surface area contributed by atoms with Crippen LogP contribution in [0.15, 0.2) is 18.5 Å². The zero-order valence-electron chi connectivity index (χ0n) is 10.1. The highest BCUT2D eigenvalue weighted by Gasteiger charge is 2.08. The minimum atomic E-state index is -1.07. The Morgan fingerprint density at radius 3 is 2.89 bits per heavy atom. The third kappa shape index (κ3) is 2.62. The molecule has 0 amide bonds. The molecule has 2 aromatic heterocycles. The van der Waals surface area contributed by atoms with Crippen molar-refractivity contribution in [1.82, 2.24) is 19.5 Å². The van der Waals surface area contributed by atoms with Gasteiger partial charge in [0.15, 0.2) is 5.69 Å². The fourth-order valence-electron chi connectivity index (χ4n) is 1.48. The van der Waals surface area contributed by atoms with Gasteiger partial charge in [0, 0.05) is 25.1 Å². The van der Waals surface area contributed by atoms with Gasteiger partial charge < -0.3 is 15.0 Å². The molecule has 0 unspecified atom stereocenters. The van der Waals surface area contributed by atoms with Crippen LogP contribution in [0.3, 0.4) is 0 Å². The van der Waals surface area contributed by atoms with Crippen molar-refractivity contribution < 1.29 is 9.90 Å². The van der Waals surface area contributed by atoms with Gasteiger partial charge in [0.1, 0.15) is 5.82 Å². The van der Waals surface area contributed by atoms with Gasteiger partial charge in [0.05, 0.1) is 6.54 Å². The average molecular weight is 247 g/mol. The van der Waals surface area contributed by atoms with Crippen molar-refractivity contribution in [3.05, 3.63) is 35.7 Å². The van der Waals surface area contributed by atoms with Crippen LogP contribution in [-0.2, 0) is 13.6 Å². The zero-order chi connectivity index (χ0) is 13.1. The molecule has 2 rings (SSSR count). The van der Waals surface area contributed by atoms with Crippen molar-refractivity contribution in [3.63, 3.8) is 0 Å². The molecule has 7 heteroatoms. The fraction of sp³-hybridized carbons (Fsp3) is 0.273. The summed E-state index contributed by atoms with van der Waals surface area (Å²) in [4.78, 5) is 23.0. The van der Waals surface area contributed by atoms with E-state index in [1.165, 1.54) is 6.07 Å². The lowest BCUT2D eigenvalue weighted by Gasteiger charge is -2.06. The number of hydrogen-bond acceptors (Lipinski definition) is 5. The molecule has 0 aliphatic rings. The van der Waals surface area contributed by atoms with E-state index in [1.54, 1.807) is 13.1 Å². The van der Waals surface area contributed by atoms with Crippen molar-refractivity contribution in [2.45, 2.75) is 13.5 Å². The fourth-order valence-corrected chi connectivity index (χ4v) is 1.48. The number of rotatable bonds is 4. The normalized spacial score (nSPS) is 10.3. The smallest absolute Gasteiger partial charge is 0.354 e. The number of carbonyl (C=O) groups is 1. The van der Waals surface area contributed by atoms with E-state index in [4.69, 9.17) is 5.11 Å². The number of aromatic nitrogens is 4. The Bertz CT molecular complexity index is 579. The van der Waals surface area contributed by atoms with Crippen LogP contribution in [0.1, 0.15) is 22.0 Å². The lowest BCUT2D eigenvalue weighted by Crippen LogP contribution is -2.11. The summed E-state index contributed by atoms with van der Waals surface area (Å²) in [5.41, 5.74) is 0.578. The summed E-state index contributed by atoms with van der Waals surface area (Å²) < 4.78 is 1.86. The van der Waals surface area contributed by atoms with Crippen molar-refractivity contribution in [2.75, 3.05) is 5.32 Å². The second-order valence-electron chi connectivity index (χ2n) is 3.83. The first kappa shape index (κ1) is 12.0. The van der Waals surface area contributed by atoms with Crippen LogP contribution >= 0.6 is 0 Å². The van der Waals surface area contributed by atoms with E-state index in [-0.39, 0.29) is 11.6 Å². The van der Waals surface area contributed by atoms with Crippen molar-refractivity contribution in [1.29, 1.82) is 0 Å². The Hall–Kier alpha value is -2.44. The predicted octanol–water partition coefficient (Wildman–Crippen LogP) is 0.829. The number of nitrogens with zero attached hydrogens (tertiary/aromatic N) is 4. The van der Waals surface area contributed by atoms with Gasteiger partial charge in [0.25, 0.3) is 0 Å². The molecule has 0 saturated heterocycles. The Balaban J connectivity index is 2.14. The zero-order valence-corrected chi connectivity index (χ0v) is 10.1.